The van der Waals surface area contributed by atoms with E-state index in [0.29, 0.717) is 0 Å². The smallest absolute Gasteiger partial charge is 0.321 e. The monoisotopic (exact) mass is 256 g/mol. The van der Waals surface area contributed by atoms with Gasteiger partial charge >= 0.3 is 7.60 Å². The first kappa shape index (κ1) is 13.4. The van der Waals surface area contributed by atoms with Gasteiger partial charge in [-0.15, -0.1) is 0 Å². The molecule has 1 aromatic rings. The molecule has 0 aliphatic carbocycles. The molecule has 0 amide bonds. The number of benzene rings is 1. The molecule has 0 aliphatic rings. The summed E-state index contributed by atoms with van der Waals surface area (Å²) >= 11 is 0. The van der Waals surface area contributed by atoms with E-state index in [1.54, 1.807) is 0 Å². The third kappa shape index (κ3) is 4.45. The van der Waals surface area contributed by atoms with Crippen molar-refractivity contribution >= 4 is 26.9 Å². The van der Waals surface area contributed by atoms with Crippen LogP contribution in [-0.2, 0) is 4.57 Å². The van der Waals surface area contributed by atoms with Crippen LogP contribution in [0.5, 0.6) is 0 Å². The van der Waals surface area contributed by atoms with Gasteiger partial charge in [0.05, 0.1) is 8.07 Å². The molecule has 0 aromatic heterocycles. The zero-order valence-electron chi connectivity index (χ0n) is 9.71. The predicted octanol–water partition coefficient (Wildman–Crippen LogP) is 2.38. The van der Waals surface area contributed by atoms with Crippen LogP contribution in [0.1, 0.15) is 5.56 Å². The largest absolute Gasteiger partial charge is 0.349 e. The second-order valence-corrected chi connectivity index (χ2v) is 11.3. The molecular formula is C11H17O3PSi. The van der Waals surface area contributed by atoms with Crippen LogP contribution in [0, 0.1) is 0 Å². The molecule has 2 N–H and O–H groups in total. The van der Waals surface area contributed by atoms with Crippen LogP contribution in [0.3, 0.4) is 0 Å². The van der Waals surface area contributed by atoms with Gasteiger partial charge in [0.15, 0.2) is 0 Å². The molecule has 0 aliphatic heterocycles. The van der Waals surface area contributed by atoms with Crippen molar-refractivity contribution in [2.75, 3.05) is 0 Å². The van der Waals surface area contributed by atoms with E-state index in [0.717, 1.165) is 11.4 Å². The molecule has 0 bridgehead atoms. The molecule has 0 saturated carbocycles. The van der Waals surface area contributed by atoms with Gasteiger partial charge in [-0.3, -0.25) is 4.57 Å². The summed E-state index contributed by atoms with van der Waals surface area (Å²) in [7, 11) is -5.34. The summed E-state index contributed by atoms with van der Waals surface area (Å²) in [6.45, 7) is 6.77. The highest BCUT2D eigenvalue weighted by atomic mass is 31.2. The van der Waals surface area contributed by atoms with Crippen molar-refractivity contribution < 1.29 is 14.4 Å². The SMILES string of the molecule is C[Si](C)(C)c1ccc(C=CP(=O)(O)O)cc1. The fourth-order valence-corrected chi connectivity index (χ4v) is 2.81. The van der Waals surface area contributed by atoms with E-state index in [4.69, 9.17) is 9.79 Å². The maximum atomic E-state index is 10.6. The fraction of sp³-hybridized carbons (Fsp3) is 0.273. The van der Waals surface area contributed by atoms with Gasteiger partial charge in [0.1, 0.15) is 0 Å². The van der Waals surface area contributed by atoms with Crippen LogP contribution < -0.4 is 5.19 Å². The van der Waals surface area contributed by atoms with E-state index in [9.17, 15) is 4.57 Å². The molecular weight excluding hydrogens is 239 g/mol. The second kappa shape index (κ2) is 4.68. The first-order chi connectivity index (χ1) is 7.18. The van der Waals surface area contributed by atoms with Crippen molar-refractivity contribution in [2.24, 2.45) is 0 Å². The minimum atomic E-state index is -4.05. The quantitative estimate of drug-likeness (QED) is 0.645. The normalized spacial score (nSPS) is 13.3. The van der Waals surface area contributed by atoms with Crippen LogP contribution in [0.25, 0.3) is 6.08 Å². The average Bonchev–Trinajstić information content (AvgIpc) is 2.13. The van der Waals surface area contributed by atoms with Crippen LogP contribution >= 0.6 is 7.60 Å². The zero-order valence-corrected chi connectivity index (χ0v) is 11.6. The third-order valence-corrected chi connectivity index (χ3v) is 4.84. The first-order valence-corrected chi connectivity index (χ1v) is 10.2. The van der Waals surface area contributed by atoms with Crippen LogP contribution in [0.15, 0.2) is 30.1 Å². The molecule has 1 aromatic carbocycles. The minimum absolute atomic E-state index is 0.810. The van der Waals surface area contributed by atoms with E-state index in [-0.39, 0.29) is 0 Å². The van der Waals surface area contributed by atoms with Gasteiger partial charge in [-0.1, -0.05) is 49.1 Å². The molecule has 0 atom stereocenters. The van der Waals surface area contributed by atoms with Crippen LogP contribution in [0.4, 0.5) is 0 Å². The Balaban J connectivity index is 2.89. The molecule has 1 rings (SSSR count). The second-order valence-electron chi connectivity index (χ2n) is 4.78. The molecule has 0 spiro atoms. The highest BCUT2D eigenvalue weighted by molar-refractivity contribution is 7.55. The fourth-order valence-electron chi connectivity index (χ4n) is 1.28. The van der Waals surface area contributed by atoms with Crippen LogP contribution in [0.2, 0.25) is 19.6 Å². The number of hydrogen-bond acceptors (Lipinski definition) is 1. The topological polar surface area (TPSA) is 57.5 Å². The van der Waals surface area contributed by atoms with Crippen molar-refractivity contribution in [1.82, 2.24) is 0 Å². The van der Waals surface area contributed by atoms with E-state index in [1.807, 2.05) is 24.3 Å². The maximum Gasteiger partial charge on any atom is 0.349 e. The van der Waals surface area contributed by atoms with Crippen molar-refractivity contribution in [2.45, 2.75) is 19.6 Å². The molecule has 3 nitrogen and oxygen atoms in total. The first-order valence-electron chi connectivity index (χ1n) is 5.03. The van der Waals surface area contributed by atoms with E-state index in [1.165, 1.54) is 11.3 Å². The Morgan fingerprint density at radius 2 is 1.62 bits per heavy atom. The lowest BCUT2D eigenvalue weighted by Gasteiger charge is -2.16. The lowest BCUT2D eigenvalue weighted by atomic mass is 10.2. The van der Waals surface area contributed by atoms with Gasteiger partial charge in [-0.25, -0.2) is 0 Å². The Morgan fingerprint density at radius 1 is 1.12 bits per heavy atom. The Bertz CT molecular complexity index is 426. The van der Waals surface area contributed by atoms with Gasteiger partial charge in [0, 0.05) is 5.82 Å². The lowest BCUT2D eigenvalue weighted by molar-refractivity contribution is 0.386. The Hall–Kier alpha value is -0.673. The van der Waals surface area contributed by atoms with Crippen molar-refractivity contribution in [3.63, 3.8) is 0 Å². The van der Waals surface area contributed by atoms with E-state index >= 15 is 0 Å². The lowest BCUT2D eigenvalue weighted by Crippen LogP contribution is -2.37. The van der Waals surface area contributed by atoms with Gasteiger partial charge in [-0.2, -0.15) is 0 Å². The van der Waals surface area contributed by atoms with Gasteiger partial charge in [-0.05, 0) is 11.6 Å². The summed E-state index contributed by atoms with van der Waals surface area (Å²) in [6.07, 6.45) is 1.45. The van der Waals surface area contributed by atoms with Crippen molar-refractivity contribution in [3.05, 3.63) is 35.6 Å². The predicted molar refractivity (Wildman–Crippen MR) is 70.5 cm³/mol. The molecule has 0 saturated heterocycles. The molecule has 5 heteroatoms. The van der Waals surface area contributed by atoms with Gasteiger partial charge in [0.25, 0.3) is 0 Å². The van der Waals surface area contributed by atoms with Crippen molar-refractivity contribution in [1.29, 1.82) is 0 Å². The highest BCUT2D eigenvalue weighted by Crippen LogP contribution is 2.36. The van der Waals surface area contributed by atoms with Gasteiger partial charge < -0.3 is 9.79 Å². The number of rotatable bonds is 3. The minimum Gasteiger partial charge on any atom is -0.321 e. The number of hydrogen-bond donors (Lipinski definition) is 2. The van der Waals surface area contributed by atoms with E-state index in [2.05, 4.69) is 19.6 Å². The Labute approximate surface area is 97.0 Å². The molecule has 88 valence electrons. The summed E-state index contributed by atoms with van der Waals surface area (Å²) in [6, 6.07) is 7.84. The zero-order chi connectivity index (χ0) is 12.4. The summed E-state index contributed by atoms with van der Waals surface area (Å²) in [5.41, 5.74) is 0.810. The summed E-state index contributed by atoms with van der Waals surface area (Å²) in [5, 5.41) is 1.33. The highest BCUT2D eigenvalue weighted by Gasteiger charge is 2.15. The molecule has 0 heterocycles. The molecule has 16 heavy (non-hydrogen) atoms. The molecule has 0 fully saturated rings. The average molecular weight is 256 g/mol. The Kier molecular flexibility index (Phi) is 3.91. The third-order valence-electron chi connectivity index (χ3n) is 2.24. The van der Waals surface area contributed by atoms with Crippen molar-refractivity contribution in [3.8, 4) is 0 Å². The maximum absolute atomic E-state index is 10.6. The summed E-state index contributed by atoms with van der Waals surface area (Å²) < 4.78 is 10.6. The van der Waals surface area contributed by atoms with Crippen LogP contribution in [-0.4, -0.2) is 17.9 Å². The van der Waals surface area contributed by atoms with Gasteiger partial charge in [0.2, 0.25) is 0 Å². The summed E-state index contributed by atoms with van der Waals surface area (Å²) in [5.74, 6) is 0.927. The summed E-state index contributed by atoms with van der Waals surface area (Å²) in [4.78, 5) is 17.4. The molecule has 0 radical (unpaired) electrons. The molecule has 0 unspecified atom stereocenters. The Morgan fingerprint density at radius 3 is 2.00 bits per heavy atom. The standard InChI is InChI=1S/C11H17O3PSi/c1-16(2,3)11-6-4-10(5-7-11)8-9-15(12,13)14/h4-9H,1-3H3,(H2,12,13,14). The van der Waals surface area contributed by atoms with E-state index < -0.39 is 15.7 Å².